The Kier molecular flexibility index (Phi) is 3.95. The predicted octanol–water partition coefficient (Wildman–Crippen LogP) is 2.66. The van der Waals surface area contributed by atoms with Crippen molar-refractivity contribution in [1.29, 1.82) is 0 Å². The van der Waals surface area contributed by atoms with Crippen LogP contribution in [0.2, 0.25) is 0 Å². The van der Waals surface area contributed by atoms with Gasteiger partial charge in [0.25, 0.3) is 10.0 Å². The van der Waals surface area contributed by atoms with Gasteiger partial charge in [0.15, 0.2) is 5.58 Å². The maximum atomic E-state index is 14.1. The molecule has 2 N–H and O–H groups in total. The van der Waals surface area contributed by atoms with E-state index < -0.39 is 21.6 Å². The van der Waals surface area contributed by atoms with Crippen LogP contribution in [0.5, 0.6) is 0 Å². The molecule has 1 saturated heterocycles. The summed E-state index contributed by atoms with van der Waals surface area (Å²) in [6, 6.07) is 8.34. The van der Waals surface area contributed by atoms with E-state index in [0.29, 0.717) is 5.52 Å². The van der Waals surface area contributed by atoms with Crippen molar-refractivity contribution in [3.05, 3.63) is 52.8 Å². The third-order valence-corrected chi connectivity index (χ3v) is 5.73. The number of anilines is 2. The number of fused-ring (bicyclic) bond motifs is 1. The molecule has 0 spiro atoms. The number of halogens is 1. The largest absolute Gasteiger partial charge is 0.417 e. The van der Waals surface area contributed by atoms with Gasteiger partial charge in [-0.2, -0.15) is 0 Å². The number of hydrogen-bond acceptors (Lipinski definition) is 5. The van der Waals surface area contributed by atoms with Crippen molar-refractivity contribution in [3.8, 4) is 0 Å². The molecule has 0 amide bonds. The van der Waals surface area contributed by atoms with Crippen LogP contribution in [0.25, 0.3) is 11.1 Å². The lowest BCUT2D eigenvalue weighted by Crippen LogP contribution is -2.19. The van der Waals surface area contributed by atoms with Crippen LogP contribution in [0.1, 0.15) is 12.8 Å². The summed E-state index contributed by atoms with van der Waals surface area (Å²) in [5.74, 6) is -1.34. The molecule has 1 fully saturated rings. The molecule has 0 saturated carbocycles. The number of benzene rings is 2. The third-order valence-electron chi connectivity index (χ3n) is 4.37. The summed E-state index contributed by atoms with van der Waals surface area (Å²) >= 11 is 0. The highest BCUT2D eigenvalue weighted by molar-refractivity contribution is 7.92. The molecule has 0 bridgehead atoms. The summed E-state index contributed by atoms with van der Waals surface area (Å²) in [4.78, 5) is 15.6. The molecule has 0 radical (unpaired) electrons. The van der Waals surface area contributed by atoms with Gasteiger partial charge in [0, 0.05) is 24.8 Å². The van der Waals surface area contributed by atoms with Crippen molar-refractivity contribution in [3.63, 3.8) is 0 Å². The molecule has 26 heavy (non-hydrogen) atoms. The van der Waals surface area contributed by atoms with E-state index in [1.54, 1.807) is 6.07 Å². The highest BCUT2D eigenvalue weighted by Gasteiger charge is 2.20. The number of hydrogen-bond donors (Lipinski definition) is 2. The first kappa shape index (κ1) is 16.6. The molecule has 7 nitrogen and oxygen atoms in total. The zero-order valence-corrected chi connectivity index (χ0v) is 14.5. The summed E-state index contributed by atoms with van der Waals surface area (Å²) in [5.41, 5.74) is 1.15. The van der Waals surface area contributed by atoms with Crippen molar-refractivity contribution in [1.82, 2.24) is 4.98 Å². The number of sulfonamides is 1. The van der Waals surface area contributed by atoms with E-state index in [2.05, 4.69) is 14.6 Å². The first-order valence-electron chi connectivity index (χ1n) is 8.13. The van der Waals surface area contributed by atoms with Crippen LogP contribution in [0.3, 0.4) is 0 Å². The number of aromatic nitrogens is 1. The molecule has 4 rings (SSSR count). The summed E-state index contributed by atoms with van der Waals surface area (Å²) in [7, 11) is -4.04. The van der Waals surface area contributed by atoms with Gasteiger partial charge < -0.3 is 9.32 Å². The van der Waals surface area contributed by atoms with Crippen LogP contribution in [0, 0.1) is 5.82 Å². The molecule has 3 aromatic rings. The number of nitrogens with zero attached hydrogens (tertiary/aromatic N) is 1. The maximum Gasteiger partial charge on any atom is 0.417 e. The van der Waals surface area contributed by atoms with E-state index in [0.717, 1.165) is 31.6 Å². The quantitative estimate of drug-likeness (QED) is 0.729. The van der Waals surface area contributed by atoms with E-state index in [9.17, 15) is 17.6 Å². The van der Waals surface area contributed by atoms with Gasteiger partial charge in [-0.3, -0.25) is 9.71 Å². The van der Waals surface area contributed by atoms with Crippen molar-refractivity contribution in [2.45, 2.75) is 17.7 Å². The lowest BCUT2D eigenvalue weighted by Gasteiger charge is -2.19. The fraction of sp³-hybridized carbons (Fsp3) is 0.235. The van der Waals surface area contributed by atoms with Gasteiger partial charge in [-0.1, -0.05) is 0 Å². The fourth-order valence-corrected chi connectivity index (χ4v) is 4.13. The zero-order chi connectivity index (χ0) is 18.3. The Labute approximate surface area is 148 Å². The number of H-pyrrole nitrogens is 1. The van der Waals surface area contributed by atoms with Crippen molar-refractivity contribution in [2.24, 2.45) is 0 Å². The number of oxazole rings is 1. The highest BCUT2D eigenvalue weighted by atomic mass is 32.2. The SMILES string of the molecule is O=c1[nH]c2ccc(S(=O)(=O)Nc3cc(N4CCCC4)ccc3F)cc2o1. The highest BCUT2D eigenvalue weighted by Crippen LogP contribution is 2.28. The zero-order valence-electron chi connectivity index (χ0n) is 13.7. The topological polar surface area (TPSA) is 95.4 Å². The van der Waals surface area contributed by atoms with Gasteiger partial charge in [-0.05, 0) is 43.2 Å². The van der Waals surface area contributed by atoms with Crippen molar-refractivity contribution >= 4 is 32.5 Å². The number of aromatic amines is 1. The smallest absolute Gasteiger partial charge is 0.408 e. The van der Waals surface area contributed by atoms with Crippen LogP contribution in [0.15, 0.2) is 50.5 Å². The van der Waals surface area contributed by atoms with Gasteiger partial charge in [-0.25, -0.2) is 17.6 Å². The molecule has 9 heteroatoms. The summed E-state index contributed by atoms with van der Waals surface area (Å²) < 4.78 is 46.5. The third kappa shape index (κ3) is 3.05. The minimum Gasteiger partial charge on any atom is -0.408 e. The second-order valence-electron chi connectivity index (χ2n) is 6.14. The van der Waals surface area contributed by atoms with Gasteiger partial charge >= 0.3 is 5.76 Å². The Hall–Kier alpha value is -2.81. The minimum atomic E-state index is -4.04. The molecule has 1 aliphatic heterocycles. The Bertz CT molecular complexity index is 1130. The Balaban J connectivity index is 1.68. The standard InChI is InChI=1S/C17H16FN3O4S/c18-13-5-3-11(21-7-1-2-8-21)9-15(13)20-26(23,24)12-4-6-14-16(10-12)25-17(22)19-14/h3-6,9-10,20H,1-2,7-8H2,(H,19,22). The summed E-state index contributed by atoms with van der Waals surface area (Å²) in [6.07, 6.45) is 2.11. The molecule has 2 heterocycles. The first-order valence-corrected chi connectivity index (χ1v) is 9.61. The van der Waals surface area contributed by atoms with E-state index in [1.165, 1.54) is 30.3 Å². The fourth-order valence-electron chi connectivity index (χ4n) is 3.06. The second-order valence-corrected chi connectivity index (χ2v) is 7.82. The number of nitrogens with one attached hydrogen (secondary N) is 2. The normalized spacial score (nSPS) is 14.9. The lowest BCUT2D eigenvalue weighted by atomic mass is 10.2. The molecular weight excluding hydrogens is 361 g/mol. The Morgan fingerprint density at radius 2 is 1.88 bits per heavy atom. The van der Waals surface area contributed by atoms with Crippen LogP contribution in [-0.2, 0) is 10.0 Å². The molecule has 0 atom stereocenters. The molecule has 2 aromatic carbocycles. The van der Waals surface area contributed by atoms with Crippen molar-refractivity contribution in [2.75, 3.05) is 22.7 Å². The van der Waals surface area contributed by atoms with Crippen LogP contribution in [0.4, 0.5) is 15.8 Å². The van der Waals surface area contributed by atoms with Crippen LogP contribution >= 0.6 is 0 Å². The molecule has 0 aliphatic carbocycles. The summed E-state index contributed by atoms with van der Waals surface area (Å²) in [6.45, 7) is 1.72. The lowest BCUT2D eigenvalue weighted by molar-refractivity contribution is 0.554. The van der Waals surface area contributed by atoms with Gasteiger partial charge in [0.2, 0.25) is 0 Å². The first-order chi connectivity index (χ1) is 12.4. The predicted molar refractivity (Wildman–Crippen MR) is 95.5 cm³/mol. The average Bonchev–Trinajstić information content (AvgIpc) is 3.24. The summed E-state index contributed by atoms with van der Waals surface area (Å²) in [5, 5.41) is 0. The minimum absolute atomic E-state index is 0.115. The van der Waals surface area contributed by atoms with E-state index in [1.807, 2.05) is 0 Å². The van der Waals surface area contributed by atoms with Gasteiger partial charge in [0.05, 0.1) is 16.1 Å². The molecule has 0 unspecified atom stereocenters. The Morgan fingerprint density at radius 3 is 2.65 bits per heavy atom. The van der Waals surface area contributed by atoms with E-state index in [4.69, 9.17) is 4.42 Å². The number of rotatable bonds is 4. The van der Waals surface area contributed by atoms with Crippen molar-refractivity contribution < 1.29 is 17.2 Å². The van der Waals surface area contributed by atoms with Gasteiger partial charge in [-0.15, -0.1) is 0 Å². The molecular formula is C17H16FN3O4S. The molecule has 1 aliphatic rings. The maximum absolute atomic E-state index is 14.1. The molecule has 1 aromatic heterocycles. The van der Waals surface area contributed by atoms with Crippen LogP contribution < -0.4 is 15.4 Å². The average molecular weight is 377 g/mol. The Morgan fingerprint density at radius 1 is 1.12 bits per heavy atom. The van der Waals surface area contributed by atoms with E-state index in [-0.39, 0.29) is 16.2 Å². The van der Waals surface area contributed by atoms with Crippen LogP contribution in [-0.4, -0.2) is 26.5 Å². The second kappa shape index (κ2) is 6.17. The van der Waals surface area contributed by atoms with Gasteiger partial charge in [0.1, 0.15) is 5.82 Å². The molecule has 136 valence electrons. The monoisotopic (exact) mass is 377 g/mol. The van der Waals surface area contributed by atoms with E-state index >= 15 is 0 Å².